The molecular weight excluding hydrogens is 378 g/mol. The molecule has 1 heterocycles. The Kier molecular flexibility index (Phi) is 5.79. The average molecular weight is 399 g/mol. The van der Waals surface area contributed by atoms with Crippen LogP contribution in [0.5, 0.6) is 11.5 Å². The van der Waals surface area contributed by atoms with E-state index in [1.54, 1.807) is 50.9 Å². The van der Waals surface area contributed by atoms with Gasteiger partial charge in [0.1, 0.15) is 5.69 Å². The Morgan fingerprint density at radius 2 is 1.68 bits per heavy atom. The Balaban J connectivity index is 1.88. The summed E-state index contributed by atoms with van der Waals surface area (Å²) in [6.45, 7) is 0.452. The van der Waals surface area contributed by atoms with Gasteiger partial charge in [-0.25, -0.2) is 13.4 Å². The molecule has 0 unspecified atom stereocenters. The van der Waals surface area contributed by atoms with E-state index in [1.165, 1.54) is 6.26 Å². The predicted molar refractivity (Wildman–Crippen MR) is 107 cm³/mol. The molecule has 0 fully saturated rings. The molecule has 28 heavy (non-hydrogen) atoms. The Hall–Kier alpha value is -3.13. The van der Waals surface area contributed by atoms with Gasteiger partial charge in [0.05, 0.1) is 19.1 Å². The highest BCUT2D eigenvalue weighted by Crippen LogP contribution is 2.32. The van der Waals surface area contributed by atoms with Gasteiger partial charge in [-0.15, -0.1) is 0 Å². The van der Waals surface area contributed by atoms with Gasteiger partial charge in [-0.05, 0) is 18.2 Å². The summed E-state index contributed by atoms with van der Waals surface area (Å²) in [7, 11) is -0.0610. The molecule has 0 aliphatic carbocycles. The third-order valence-electron chi connectivity index (χ3n) is 4.18. The largest absolute Gasteiger partial charge is 0.493 e. The van der Waals surface area contributed by atoms with Gasteiger partial charge in [0, 0.05) is 36.3 Å². The van der Waals surface area contributed by atoms with Crippen LogP contribution in [0.3, 0.4) is 0 Å². The third-order valence-corrected chi connectivity index (χ3v) is 5.31. The Labute approximate surface area is 164 Å². The van der Waals surface area contributed by atoms with E-state index in [0.29, 0.717) is 29.6 Å². The second-order valence-corrected chi connectivity index (χ2v) is 8.07. The monoisotopic (exact) mass is 399 g/mol. The predicted octanol–water partition coefficient (Wildman–Crippen LogP) is 3.18. The van der Waals surface area contributed by atoms with Crippen LogP contribution < -0.4 is 14.8 Å². The van der Waals surface area contributed by atoms with Crippen LogP contribution in [0.2, 0.25) is 0 Å². The summed E-state index contributed by atoms with van der Waals surface area (Å²) in [4.78, 5) is 9.03. The van der Waals surface area contributed by atoms with Gasteiger partial charge < -0.3 is 14.8 Å². The number of benzene rings is 2. The van der Waals surface area contributed by atoms with Crippen molar-refractivity contribution in [3.63, 3.8) is 0 Å². The number of anilines is 1. The quantitative estimate of drug-likeness (QED) is 0.652. The van der Waals surface area contributed by atoms with Crippen LogP contribution in [0.1, 0.15) is 5.56 Å². The highest BCUT2D eigenvalue weighted by molar-refractivity contribution is 7.90. The van der Waals surface area contributed by atoms with E-state index in [4.69, 9.17) is 9.47 Å². The molecule has 3 aromatic rings. The van der Waals surface area contributed by atoms with Gasteiger partial charge in [0.15, 0.2) is 27.2 Å². The van der Waals surface area contributed by atoms with E-state index in [-0.39, 0.29) is 4.90 Å². The lowest BCUT2D eigenvalue weighted by atomic mass is 10.1. The number of para-hydroxylation sites is 1. The van der Waals surface area contributed by atoms with E-state index in [0.717, 1.165) is 11.1 Å². The van der Waals surface area contributed by atoms with Crippen LogP contribution >= 0.6 is 0 Å². The zero-order valence-corrected chi connectivity index (χ0v) is 16.7. The molecule has 0 spiro atoms. The summed E-state index contributed by atoms with van der Waals surface area (Å²) < 4.78 is 34.1. The maximum absolute atomic E-state index is 11.7. The molecule has 3 rings (SSSR count). The molecule has 0 aliphatic rings. The first-order chi connectivity index (χ1) is 13.4. The lowest BCUT2D eigenvalue weighted by molar-refractivity contribution is 0.352. The molecule has 0 saturated carbocycles. The number of hydrogen-bond acceptors (Lipinski definition) is 7. The van der Waals surface area contributed by atoms with Crippen LogP contribution in [0.4, 0.5) is 5.82 Å². The van der Waals surface area contributed by atoms with E-state index in [2.05, 4.69) is 15.3 Å². The Morgan fingerprint density at radius 3 is 2.32 bits per heavy atom. The molecule has 1 aromatic heterocycles. The van der Waals surface area contributed by atoms with Crippen LogP contribution in [0, 0.1) is 0 Å². The lowest BCUT2D eigenvalue weighted by Gasteiger charge is -2.14. The fourth-order valence-electron chi connectivity index (χ4n) is 2.81. The summed E-state index contributed by atoms with van der Waals surface area (Å²) in [5, 5.41) is 3.27. The SMILES string of the molecule is COc1cccc(CNc2nccnc2-c2ccc(S(C)(=O)=O)cc2)c1OC. The van der Waals surface area contributed by atoms with Crippen molar-refractivity contribution in [3.05, 3.63) is 60.4 Å². The van der Waals surface area contributed by atoms with Crippen LogP contribution in [0.25, 0.3) is 11.3 Å². The number of hydrogen-bond donors (Lipinski definition) is 1. The Morgan fingerprint density at radius 1 is 0.964 bits per heavy atom. The number of ether oxygens (including phenoxy) is 2. The molecule has 2 aromatic carbocycles. The van der Waals surface area contributed by atoms with E-state index < -0.39 is 9.84 Å². The zero-order chi connectivity index (χ0) is 20.1. The first kappa shape index (κ1) is 19.6. The number of methoxy groups -OCH3 is 2. The van der Waals surface area contributed by atoms with Crippen molar-refractivity contribution in [2.75, 3.05) is 25.8 Å². The summed E-state index contributed by atoms with van der Waals surface area (Å²) in [6, 6.07) is 12.2. The molecule has 0 bridgehead atoms. The first-order valence-corrected chi connectivity index (χ1v) is 10.4. The summed E-state index contributed by atoms with van der Waals surface area (Å²) in [5.74, 6) is 1.89. The van der Waals surface area contributed by atoms with Gasteiger partial charge in [-0.1, -0.05) is 24.3 Å². The molecule has 146 valence electrons. The molecule has 7 nitrogen and oxygen atoms in total. The van der Waals surface area contributed by atoms with Gasteiger partial charge in [0.25, 0.3) is 0 Å². The summed E-state index contributed by atoms with van der Waals surface area (Å²) in [5.41, 5.74) is 2.30. The molecule has 0 aliphatic heterocycles. The van der Waals surface area contributed by atoms with Gasteiger partial charge in [-0.3, -0.25) is 4.98 Å². The van der Waals surface area contributed by atoms with E-state index >= 15 is 0 Å². The van der Waals surface area contributed by atoms with Gasteiger partial charge in [0.2, 0.25) is 0 Å². The minimum atomic E-state index is -3.25. The van der Waals surface area contributed by atoms with Crippen LogP contribution in [-0.2, 0) is 16.4 Å². The van der Waals surface area contributed by atoms with Gasteiger partial charge >= 0.3 is 0 Å². The first-order valence-electron chi connectivity index (χ1n) is 8.49. The van der Waals surface area contributed by atoms with Crippen molar-refractivity contribution >= 4 is 15.7 Å². The second kappa shape index (κ2) is 8.26. The van der Waals surface area contributed by atoms with Crippen LogP contribution in [-0.4, -0.2) is 38.9 Å². The average Bonchev–Trinajstić information content (AvgIpc) is 2.71. The maximum Gasteiger partial charge on any atom is 0.175 e. The van der Waals surface area contributed by atoms with Crippen molar-refractivity contribution in [2.24, 2.45) is 0 Å². The number of nitrogens with zero attached hydrogens (tertiary/aromatic N) is 2. The molecule has 0 amide bonds. The third kappa shape index (κ3) is 4.23. The number of aromatic nitrogens is 2. The fourth-order valence-corrected chi connectivity index (χ4v) is 3.44. The zero-order valence-electron chi connectivity index (χ0n) is 15.8. The van der Waals surface area contributed by atoms with E-state index in [1.807, 2.05) is 18.2 Å². The van der Waals surface area contributed by atoms with Crippen molar-refractivity contribution in [1.29, 1.82) is 0 Å². The molecular formula is C20H21N3O4S. The minimum Gasteiger partial charge on any atom is -0.493 e. The lowest BCUT2D eigenvalue weighted by Crippen LogP contribution is -2.06. The van der Waals surface area contributed by atoms with Crippen molar-refractivity contribution < 1.29 is 17.9 Å². The molecule has 0 saturated heterocycles. The molecule has 0 atom stereocenters. The van der Waals surface area contributed by atoms with Gasteiger partial charge in [-0.2, -0.15) is 0 Å². The highest BCUT2D eigenvalue weighted by atomic mass is 32.2. The Bertz CT molecular complexity index is 1070. The summed E-state index contributed by atoms with van der Waals surface area (Å²) in [6.07, 6.45) is 4.37. The normalized spacial score (nSPS) is 11.1. The number of nitrogens with one attached hydrogen (secondary N) is 1. The standard InChI is InChI=1S/C20H21N3O4S/c1-26-17-6-4-5-15(19(17)27-2)13-23-20-18(21-11-12-22-20)14-7-9-16(10-8-14)28(3,24)25/h4-12H,13H2,1-3H3,(H,22,23). The number of rotatable bonds is 7. The number of sulfone groups is 1. The molecule has 8 heteroatoms. The van der Waals surface area contributed by atoms with Crippen LogP contribution in [0.15, 0.2) is 59.8 Å². The summed E-state index contributed by atoms with van der Waals surface area (Å²) >= 11 is 0. The van der Waals surface area contributed by atoms with Crippen molar-refractivity contribution in [1.82, 2.24) is 9.97 Å². The molecule has 1 N–H and O–H groups in total. The fraction of sp³-hybridized carbons (Fsp3) is 0.200. The maximum atomic E-state index is 11.7. The second-order valence-electron chi connectivity index (χ2n) is 6.06. The minimum absolute atomic E-state index is 0.260. The van der Waals surface area contributed by atoms with Crippen molar-refractivity contribution in [3.8, 4) is 22.8 Å². The smallest absolute Gasteiger partial charge is 0.175 e. The van der Waals surface area contributed by atoms with Crippen molar-refractivity contribution in [2.45, 2.75) is 11.4 Å². The van der Waals surface area contributed by atoms with E-state index in [9.17, 15) is 8.42 Å². The topological polar surface area (TPSA) is 90.4 Å². The molecule has 0 radical (unpaired) electrons. The highest BCUT2D eigenvalue weighted by Gasteiger charge is 2.13.